The van der Waals surface area contributed by atoms with E-state index in [1.165, 1.54) is 6.07 Å². The molecule has 0 spiro atoms. The second-order valence-electron chi connectivity index (χ2n) is 8.55. The first-order chi connectivity index (χ1) is 18.3. The first-order valence-corrected chi connectivity index (χ1v) is 11.7. The molecule has 3 heterocycles. The average Bonchev–Trinajstić information content (AvgIpc) is 3.32. The van der Waals surface area contributed by atoms with Gasteiger partial charge in [-0.2, -0.15) is 13.2 Å². The fraction of sp³-hybridized carbons (Fsp3) is 0.148. The lowest BCUT2D eigenvalue weighted by Gasteiger charge is -2.15. The third-order valence-electron chi connectivity index (χ3n) is 6.04. The van der Waals surface area contributed by atoms with Crippen LogP contribution in [0.15, 0.2) is 90.3 Å². The molecule has 1 atom stereocenters. The Bertz CT molecular complexity index is 1640. The SMILES string of the molecule is C[C@H](Nc1nccc(-c2c(-c3cccc(C(F)(F)F)c3)nc3c(CN=[N+]=[N-])cccn23)n1)c1ccccc1. The summed E-state index contributed by atoms with van der Waals surface area (Å²) in [5.41, 5.74) is 11.7. The molecular weight excluding hydrogens is 493 g/mol. The van der Waals surface area contributed by atoms with E-state index in [0.717, 1.165) is 17.7 Å². The number of anilines is 1. The van der Waals surface area contributed by atoms with E-state index in [9.17, 15) is 13.2 Å². The zero-order valence-corrected chi connectivity index (χ0v) is 20.1. The van der Waals surface area contributed by atoms with Gasteiger partial charge in [-0.25, -0.2) is 15.0 Å². The second kappa shape index (κ2) is 10.2. The van der Waals surface area contributed by atoms with Gasteiger partial charge in [0, 0.05) is 28.4 Å². The number of imidazole rings is 1. The van der Waals surface area contributed by atoms with E-state index in [1.807, 2.05) is 37.3 Å². The summed E-state index contributed by atoms with van der Waals surface area (Å²) in [6.45, 7) is 2.01. The summed E-state index contributed by atoms with van der Waals surface area (Å²) in [6, 6.07) is 19.9. The van der Waals surface area contributed by atoms with Crippen molar-refractivity contribution in [3.63, 3.8) is 0 Å². The third kappa shape index (κ3) is 5.00. The van der Waals surface area contributed by atoms with Crippen LogP contribution in [0.5, 0.6) is 0 Å². The van der Waals surface area contributed by atoms with E-state index in [4.69, 9.17) is 15.5 Å². The zero-order chi connectivity index (χ0) is 26.7. The second-order valence-corrected chi connectivity index (χ2v) is 8.55. The number of rotatable bonds is 7. The van der Waals surface area contributed by atoms with Crippen molar-refractivity contribution in [3.05, 3.63) is 112 Å². The number of halogens is 3. The van der Waals surface area contributed by atoms with Crippen LogP contribution >= 0.6 is 0 Å². The predicted molar refractivity (Wildman–Crippen MR) is 138 cm³/mol. The summed E-state index contributed by atoms with van der Waals surface area (Å²) in [5, 5.41) is 6.92. The van der Waals surface area contributed by atoms with Gasteiger partial charge in [0.15, 0.2) is 0 Å². The summed E-state index contributed by atoms with van der Waals surface area (Å²) in [6.07, 6.45) is -1.18. The molecule has 11 heteroatoms. The quantitative estimate of drug-likeness (QED) is 0.138. The Morgan fingerprint density at radius 1 is 1.03 bits per heavy atom. The number of fused-ring (bicyclic) bond motifs is 1. The first kappa shape index (κ1) is 24.8. The molecule has 38 heavy (non-hydrogen) atoms. The summed E-state index contributed by atoms with van der Waals surface area (Å²) < 4.78 is 42.3. The minimum absolute atomic E-state index is 0.0322. The summed E-state index contributed by atoms with van der Waals surface area (Å²) in [4.78, 5) is 16.6. The van der Waals surface area contributed by atoms with E-state index < -0.39 is 11.7 Å². The third-order valence-corrected chi connectivity index (χ3v) is 6.04. The Balaban J connectivity index is 1.66. The summed E-state index contributed by atoms with van der Waals surface area (Å²) in [5.74, 6) is 0.356. The van der Waals surface area contributed by atoms with Gasteiger partial charge in [-0.05, 0) is 42.3 Å². The van der Waals surface area contributed by atoms with Crippen LogP contribution in [0.3, 0.4) is 0 Å². The molecular formula is C27H21F3N8. The molecule has 190 valence electrons. The van der Waals surface area contributed by atoms with Crippen molar-refractivity contribution in [2.75, 3.05) is 5.32 Å². The molecule has 0 saturated heterocycles. The lowest BCUT2D eigenvalue weighted by Crippen LogP contribution is -2.09. The number of hydrogen-bond acceptors (Lipinski definition) is 5. The minimum atomic E-state index is -4.51. The normalized spacial score (nSPS) is 12.2. The number of nitrogens with zero attached hydrogens (tertiary/aromatic N) is 7. The van der Waals surface area contributed by atoms with Crippen molar-refractivity contribution in [2.24, 2.45) is 5.11 Å². The highest BCUT2D eigenvalue weighted by atomic mass is 19.4. The van der Waals surface area contributed by atoms with Crippen LogP contribution in [0.25, 0.3) is 38.7 Å². The van der Waals surface area contributed by atoms with Crippen LogP contribution < -0.4 is 5.32 Å². The Morgan fingerprint density at radius 3 is 2.61 bits per heavy atom. The van der Waals surface area contributed by atoms with E-state index in [1.54, 1.807) is 41.1 Å². The number of nitrogens with one attached hydrogen (secondary N) is 1. The molecule has 0 aliphatic carbocycles. The molecule has 5 rings (SSSR count). The molecule has 3 aromatic heterocycles. The number of alkyl halides is 3. The van der Waals surface area contributed by atoms with E-state index in [0.29, 0.717) is 34.2 Å². The fourth-order valence-corrected chi connectivity index (χ4v) is 4.22. The van der Waals surface area contributed by atoms with Crippen LogP contribution in [-0.4, -0.2) is 19.4 Å². The molecule has 0 bridgehead atoms. The predicted octanol–water partition coefficient (Wildman–Crippen LogP) is 7.46. The van der Waals surface area contributed by atoms with Gasteiger partial charge >= 0.3 is 6.18 Å². The van der Waals surface area contributed by atoms with E-state index >= 15 is 0 Å². The van der Waals surface area contributed by atoms with Crippen molar-refractivity contribution < 1.29 is 13.2 Å². The minimum Gasteiger partial charge on any atom is -0.348 e. The molecule has 2 aromatic carbocycles. The Morgan fingerprint density at radius 2 is 1.84 bits per heavy atom. The molecule has 0 unspecified atom stereocenters. The maximum atomic E-state index is 13.5. The molecule has 0 radical (unpaired) electrons. The monoisotopic (exact) mass is 514 g/mol. The number of azide groups is 1. The lowest BCUT2D eigenvalue weighted by atomic mass is 10.0. The molecule has 0 fully saturated rings. The Labute approximate surface area is 215 Å². The van der Waals surface area contributed by atoms with Gasteiger partial charge in [0.25, 0.3) is 0 Å². The number of pyridine rings is 1. The lowest BCUT2D eigenvalue weighted by molar-refractivity contribution is -0.137. The van der Waals surface area contributed by atoms with Crippen molar-refractivity contribution in [3.8, 4) is 22.6 Å². The van der Waals surface area contributed by atoms with Crippen LogP contribution in [0, 0.1) is 0 Å². The topological polar surface area (TPSA) is 104 Å². The van der Waals surface area contributed by atoms with Crippen LogP contribution in [-0.2, 0) is 12.7 Å². The number of aromatic nitrogens is 4. The van der Waals surface area contributed by atoms with Crippen molar-refractivity contribution in [1.29, 1.82) is 0 Å². The fourth-order valence-electron chi connectivity index (χ4n) is 4.22. The van der Waals surface area contributed by atoms with Gasteiger partial charge < -0.3 is 5.32 Å². The van der Waals surface area contributed by atoms with E-state index in [-0.39, 0.29) is 18.2 Å². The van der Waals surface area contributed by atoms with Crippen LogP contribution in [0.4, 0.5) is 19.1 Å². The maximum absolute atomic E-state index is 13.5. The van der Waals surface area contributed by atoms with Gasteiger partial charge in [-0.15, -0.1) is 0 Å². The molecule has 0 amide bonds. The standard InChI is InChI=1S/C27H21F3N8/c1-17(18-7-3-2-4-8-18)34-26-32-13-12-22(35-26)24-23(19-9-5-11-21(15-19)27(28,29)30)36-25-20(16-33-37-31)10-6-14-38(24)25/h2-15,17H,16H2,1H3,(H,32,34,35)/t17-/m0/s1. The summed E-state index contributed by atoms with van der Waals surface area (Å²) >= 11 is 0. The Hall–Kier alpha value is -4.89. The molecule has 5 aromatic rings. The van der Waals surface area contributed by atoms with Gasteiger partial charge in [0.05, 0.1) is 35.2 Å². The highest BCUT2D eigenvalue weighted by Gasteiger charge is 2.31. The molecule has 0 aliphatic heterocycles. The Kier molecular flexibility index (Phi) is 6.68. The zero-order valence-electron chi connectivity index (χ0n) is 20.1. The van der Waals surface area contributed by atoms with Crippen molar-refractivity contribution in [1.82, 2.24) is 19.4 Å². The maximum Gasteiger partial charge on any atom is 0.416 e. The molecule has 0 saturated carbocycles. The van der Waals surface area contributed by atoms with Crippen molar-refractivity contribution >= 4 is 11.6 Å². The largest absolute Gasteiger partial charge is 0.416 e. The van der Waals surface area contributed by atoms with Crippen LogP contribution in [0.2, 0.25) is 0 Å². The van der Waals surface area contributed by atoms with Gasteiger partial charge in [-0.3, -0.25) is 4.40 Å². The molecule has 0 aliphatic rings. The van der Waals surface area contributed by atoms with Gasteiger partial charge in [0.2, 0.25) is 5.95 Å². The number of benzene rings is 2. The highest BCUT2D eigenvalue weighted by molar-refractivity contribution is 5.81. The van der Waals surface area contributed by atoms with Crippen LogP contribution in [0.1, 0.15) is 29.7 Å². The smallest absolute Gasteiger partial charge is 0.348 e. The first-order valence-electron chi connectivity index (χ1n) is 11.7. The summed E-state index contributed by atoms with van der Waals surface area (Å²) in [7, 11) is 0. The van der Waals surface area contributed by atoms with Gasteiger partial charge in [0.1, 0.15) is 5.65 Å². The molecule has 1 N–H and O–H groups in total. The van der Waals surface area contributed by atoms with Crippen molar-refractivity contribution in [2.45, 2.75) is 25.7 Å². The highest BCUT2D eigenvalue weighted by Crippen LogP contribution is 2.37. The molecule has 8 nitrogen and oxygen atoms in total. The van der Waals surface area contributed by atoms with Gasteiger partial charge in [-0.1, -0.05) is 53.6 Å². The number of hydrogen-bond donors (Lipinski definition) is 1. The van der Waals surface area contributed by atoms with E-state index in [2.05, 4.69) is 20.3 Å². The average molecular weight is 515 g/mol.